The van der Waals surface area contributed by atoms with Gasteiger partial charge in [0.2, 0.25) is 0 Å². The van der Waals surface area contributed by atoms with Crippen LogP contribution in [0.25, 0.3) is 0 Å². The van der Waals surface area contributed by atoms with E-state index in [1.54, 1.807) is 11.3 Å². The van der Waals surface area contributed by atoms with Gasteiger partial charge in [0, 0.05) is 37.2 Å². The van der Waals surface area contributed by atoms with Gasteiger partial charge in [0.15, 0.2) is 0 Å². The molecule has 0 radical (unpaired) electrons. The first-order valence-corrected chi connectivity index (χ1v) is 7.35. The van der Waals surface area contributed by atoms with Crippen LogP contribution in [0.1, 0.15) is 29.1 Å². The molecule has 2 aromatic rings. The van der Waals surface area contributed by atoms with Crippen molar-refractivity contribution in [2.24, 2.45) is 0 Å². The van der Waals surface area contributed by atoms with Crippen molar-refractivity contribution in [2.45, 2.75) is 26.4 Å². The van der Waals surface area contributed by atoms with Gasteiger partial charge in [-0.15, -0.1) is 11.3 Å². The summed E-state index contributed by atoms with van der Waals surface area (Å²) in [6, 6.07) is 9.04. The first-order valence-electron chi connectivity index (χ1n) is 6.47. The van der Waals surface area contributed by atoms with Gasteiger partial charge < -0.3 is 10.2 Å². The lowest BCUT2D eigenvalue weighted by Gasteiger charge is -2.16. The van der Waals surface area contributed by atoms with Gasteiger partial charge >= 0.3 is 0 Å². The molecule has 1 aromatic heterocycles. The number of thiazole rings is 1. The van der Waals surface area contributed by atoms with Crippen molar-refractivity contribution >= 4 is 17.0 Å². The zero-order valence-corrected chi connectivity index (χ0v) is 12.8. The van der Waals surface area contributed by atoms with E-state index in [-0.39, 0.29) is 0 Å². The Balaban J connectivity index is 1.96. The minimum absolute atomic E-state index is 0.345. The van der Waals surface area contributed by atoms with Crippen LogP contribution in [0.5, 0.6) is 0 Å². The lowest BCUT2D eigenvalue weighted by atomic mass is 10.1. The molecule has 0 spiro atoms. The number of anilines is 1. The Morgan fingerprint density at radius 1 is 1.26 bits per heavy atom. The molecule has 2 rings (SSSR count). The van der Waals surface area contributed by atoms with Gasteiger partial charge in [-0.2, -0.15) is 0 Å². The Hall–Kier alpha value is -1.39. The second kappa shape index (κ2) is 6.17. The number of hydrogen-bond donors (Lipinski definition) is 1. The van der Waals surface area contributed by atoms with E-state index < -0.39 is 0 Å². The van der Waals surface area contributed by atoms with E-state index in [0.717, 1.165) is 12.2 Å². The molecule has 19 heavy (non-hydrogen) atoms. The lowest BCUT2D eigenvalue weighted by molar-refractivity contribution is 0.577. The maximum absolute atomic E-state index is 4.27. The number of benzene rings is 1. The highest BCUT2D eigenvalue weighted by Crippen LogP contribution is 2.19. The fourth-order valence-corrected chi connectivity index (χ4v) is 2.65. The van der Waals surface area contributed by atoms with Crippen molar-refractivity contribution in [1.29, 1.82) is 0 Å². The van der Waals surface area contributed by atoms with Crippen LogP contribution in [-0.4, -0.2) is 19.1 Å². The van der Waals surface area contributed by atoms with E-state index in [1.807, 2.05) is 5.51 Å². The molecular weight excluding hydrogens is 254 g/mol. The van der Waals surface area contributed by atoms with E-state index >= 15 is 0 Å². The van der Waals surface area contributed by atoms with E-state index in [0.29, 0.717) is 6.04 Å². The number of aromatic nitrogens is 1. The molecular formula is C15H21N3S. The van der Waals surface area contributed by atoms with Crippen molar-refractivity contribution in [3.05, 3.63) is 45.9 Å². The van der Waals surface area contributed by atoms with Crippen LogP contribution >= 0.6 is 11.3 Å². The predicted molar refractivity (Wildman–Crippen MR) is 82.9 cm³/mol. The Morgan fingerprint density at radius 3 is 2.47 bits per heavy atom. The Morgan fingerprint density at radius 2 is 1.95 bits per heavy atom. The van der Waals surface area contributed by atoms with Crippen LogP contribution < -0.4 is 10.2 Å². The first kappa shape index (κ1) is 14.0. The molecule has 1 N–H and O–H groups in total. The summed E-state index contributed by atoms with van der Waals surface area (Å²) in [5, 5.41) is 3.55. The van der Waals surface area contributed by atoms with Gasteiger partial charge in [-0.1, -0.05) is 12.1 Å². The summed E-state index contributed by atoms with van der Waals surface area (Å²) in [4.78, 5) is 7.70. The second-order valence-corrected chi connectivity index (χ2v) is 5.89. The molecule has 3 nitrogen and oxygen atoms in total. The third kappa shape index (κ3) is 3.55. The molecule has 0 saturated heterocycles. The van der Waals surface area contributed by atoms with Crippen molar-refractivity contribution in [3.8, 4) is 0 Å². The van der Waals surface area contributed by atoms with Gasteiger partial charge in [0.25, 0.3) is 0 Å². The molecule has 0 aliphatic rings. The van der Waals surface area contributed by atoms with Crippen LogP contribution in [0.3, 0.4) is 0 Å². The molecule has 0 saturated carbocycles. The Kier molecular flexibility index (Phi) is 4.56. The zero-order chi connectivity index (χ0) is 13.8. The maximum Gasteiger partial charge on any atom is 0.0798 e. The van der Waals surface area contributed by atoms with Gasteiger partial charge in [0.05, 0.1) is 11.2 Å². The van der Waals surface area contributed by atoms with E-state index in [4.69, 9.17) is 0 Å². The molecule has 0 bridgehead atoms. The number of rotatable bonds is 5. The summed E-state index contributed by atoms with van der Waals surface area (Å²) in [5.41, 5.74) is 5.58. The zero-order valence-electron chi connectivity index (χ0n) is 12.0. The SMILES string of the molecule is Cc1ncsc1CNC(C)c1ccc(N(C)C)cc1. The number of nitrogens with zero attached hydrogens (tertiary/aromatic N) is 2. The predicted octanol–water partition coefficient (Wildman–Crippen LogP) is 3.37. The maximum atomic E-state index is 4.27. The molecule has 0 aliphatic carbocycles. The summed E-state index contributed by atoms with van der Waals surface area (Å²) in [6.07, 6.45) is 0. The van der Waals surface area contributed by atoms with Crippen LogP contribution in [-0.2, 0) is 6.54 Å². The Labute approximate surface area is 119 Å². The third-order valence-electron chi connectivity index (χ3n) is 3.32. The molecule has 0 fully saturated rings. The number of nitrogens with one attached hydrogen (secondary N) is 1. The lowest BCUT2D eigenvalue weighted by Crippen LogP contribution is -2.18. The highest BCUT2D eigenvalue weighted by atomic mass is 32.1. The third-order valence-corrected chi connectivity index (χ3v) is 4.26. The van der Waals surface area contributed by atoms with Gasteiger partial charge in [-0.3, -0.25) is 0 Å². The summed E-state index contributed by atoms with van der Waals surface area (Å²) in [6.45, 7) is 5.14. The summed E-state index contributed by atoms with van der Waals surface area (Å²) in [7, 11) is 4.12. The van der Waals surface area contributed by atoms with E-state index in [9.17, 15) is 0 Å². The average molecular weight is 275 g/mol. The van der Waals surface area contributed by atoms with E-state index in [2.05, 4.69) is 67.4 Å². The Bertz CT molecular complexity index is 516. The summed E-state index contributed by atoms with van der Waals surface area (Å²) in [5.74, 6) is 0. The number of aryl methyl sites for hydroxylation is 1. The number of hydrogen-bond acceptors (Lipinski definition) is 4. The highest BCUT2D eigenvalue weighted by Gasteiger charge is 2.07. The molecule has 1 aromatic carbocycles. The van der Waals surface area contributed by atoms with Crippen LogP contribution in [0.2, 0.25) is 0 Å². The van der Waals surface area contributed by atoms with Gasteiger partial charge in [-0.25, -0.2) is 4.98 Å². The molecule has 0 aliphatic heterocycles. The fourth-order valence-electron chi connectivity index (χ4n) is 1.92. The largest absolute Gasteiger partial charge is 0.378 e. The standard InChI is InChI=1S/C15H21N3S/c1-11(16-9-15-12(2)17-10-19-15)13-5-7-14(8-6-13)18(3)4/h5-8,10-11,16H,9H2,1-4H3. The minimum Gasteiger partial charge on any atom is -0.378 e. The van der Waals surface area contributed by atoms with E-state index in [1.165, 1.54) is 16.1 Å². The normalized spacial score (nSPS) is 12.4. The van der Waals surface area contributed by atoms with Gasteiger partial charge in [-0.05, 0) is 31.5 Å². The second-order valence-electron chi connectivity index (χ2n) is 4.95. The smallest absolute Gasteiger partial charge is 0.0798 e. The first-order chi connectivity index (χ1) is 9.08. The fraction of sp³-hybridized carbons (Fsp3) is 0.400. The molecule has 1 heterocycles. The average Bonchev–Trinajstić information content (AvgIpc) is 2.81. The van der Waals surface area contributed by atoms with Crippen LogP contribution in [0, 0.1) is 6.92 Å². The molecule has 0 amide bonds. The molecule has 1 unspecified atom stereocenters. The van der Waals surface area contributed by atoms with Crippen LogP contribution in [0.4, 0.5) is 5.69 Å². The van der Waals surface area contributed by atoms with Crippen molar-refractivity contribution < 1.29 is 0 Å². The van der Waals surface area contributed by atoms with Crippen molar-refractivity contribution in [2.75, 3.05) is 19.0 Å². The van der Waals surface area contributed by atoms with Crippen molar-refractivity contribution in [3.63, 3.8) is 0 Å². The summed E-state index contributed by atoms with van der Waals surface area (Å²) >= 11 is 1.71. The summed E-state index contributed by atoms with van der Waals surface area (Å²) < 4.78 is 0. The quantitative estimate of drug-likeness (QED) is 0.907. The molecule has 4 heteroatoms. The monoisotopic (exact) mass is 275 g/mol. The van der Waals surface area contributed by atoms with Gasteiger partial charge in [0.1, 0.15) is 0 Å². The molecule has 102 valence electrons. The minimum atomic E-state index is 0.345. The van der Waals surface area contributed by atoms with Crippen molar-refractivity contribution in [1.82, 2.24) is 10.3 Å². The highest BCUT2D eigenvalue weighted by molar-refractivity contribution is 7.09. The topological polar surface area (TPSA) is 28.2 Å². The molecule has 1 atom stereocenters. The van der Waals surface area contributed by atoms with Crippen LogP contribution in [0.15, 0.2) is 29.8 Å².